The molecule has 0 aromatic carbocycles. The summed E-state index contributed by atoms with van der Waals surface area (Å²) in [5.74, 6) is -0.272. The number of nitrogen functional groups attached to an aromatic ring is 1. The summed E-state index contributed by atoms with van der Waals surface area (Å²) in [6, 6.07) is 0. The van der Waals surface area contributed by atoms with Gasteiger partial charge in [-0.05, 0) is 0 Å². The molecule has 0 saturated carbocycles. The molecular formula is C16H22N8O5. The highest BCUT2D eigenvalue weighted by molar-refractivity contribution is 5.93. The summed E-state index contributed by atoms with van der Waals surface area (Å²) in [6.45, 7) is -0.449. The third-order valence-corrected chi connectivity index (χ3v) is 4.49. The van der Waals surface area contributed by atoms with Gasteiger partial charge in [-0.3, -0.25) is 4.79 Å². The summed E-state index contributed by atoms with van der Waals surface area (Å²) in [5, 5.41) is 35.9. The van der Waals surface area contributed by atoms with Gasteiger partial charge in [-0.1, -0.05) is 0 Å². The van der Waals surface area contributed by atoms with Crippen LogP contribution in [0.15, 0.2) is 17.4 Å². The topological polar surface area (TPSA) is 207 Å². The molecule has 13 heteroatoms. The molecule has 3 heterocycles. The molecule has 29 heavy (non-hydrogen) atoms. The normalized spacial score (nSPS) is 24.3. The minimum atomic E-state index is -1.24. The van der Waals surface area contributed by atoms with Gasteiger partial charge < -0.3 is 36.8 Å². The minimum absolute atomic E-state index is 0.00423. The largest absolute Gasteiger partial charge is 0.394 e. The van der Waals surface area contributed by atoms with E-state index in [2.05, 4.69) is 25.4 Å². The number of nitrogens with two attached hydrogens (primary N) is 2. The number of rotatable bonds is 6. The molecule has 156 valence electrons. The predicted octanol–water partition coefficient (Wildman–Crippen LogP) is -2.75. The van der Waals surface area contributed by atoms with E-state index < -0.39 is 31.0 Å². The number of aliphatic imine (C=N–C) groups is 1. The zero-order valence-corrected chi connectivity index (χ0v) is 15.5. The lowest BCUT2D eigenvalue weighted by molar-refractivity contribution is -0.0217. The third kappa shape index (κ3) is 4.02. The van der Waals surface area contributed by atoms with Crippen LogP contribution in [0, 0.1) is 0 Å². The first-order valence-electron chi connectivity index (χ1n) is 8.69. The van der Waals surface area contributed by atoms with Gasteiger partial charge in [-0.2, -0.15) is 10.1 Å². The van der Waals surface area contributed by atoms with Crippen LogP contribution in [0.1, 0.15) is 16.1 Å². The van der Waals surface area contributed by atoms with Gasteiger partial charge in [0.05, 0.1) is 36.5 Å². The maximum Gasteiger partial charge on any atom is 0.254 e. The van der Waals surface area contributed by atoms with Gasteiger partial charge in [0.25, 0.3) is 11.9 Å². The van der Waals surface area contributed by atoms with E-state index in [1.54, 1.807) is 0 Å². The number of aliphatic hydroxyl groups excluding tert-OH is 3. The van der Waals surface area contributed by atoms with Gasteiger partial charge in [0.15, 0.2) is 5.82 Å². The molecule has 0 unspecified atom stereocenters. The lowest BCUT2D eigenvalue weighted by atomic mass is 10.0. The average molecular weight is 406 g/mol. The summed E-state index contributed by atoms with van der Waals surface area (Å²) in [4.78, 5) is 24.2. The fourth-order valence-electron chi connectivity index (χ4n) is 3.00. The highest BCUT2D eigenvalue weighted by Crippen LogP contribution is 2.30. The van der Waals surface area contributed by atoms with Gasteiger partial charge >= 0.3 is 0 Å². The minimum Gasteiger partial charge on any atom is -0.394 e. The average Bonchev–Trinajstić information content (AvgIpc) is 3.30. The number of hydrogen-bond acceptors (Lipinski definition) is 10. The second-order valence-corrected chi connectivity index (χ2v) is 6.32. The molecule has 1 aliphatic heterocycles. The van der Waals surface area contributed by atoms with Crippen LogP contribution in [0.3, 0.4) is 0 Å². The van der Waals surface area contributed by atoms with Crippen molar-refractivity contribution < 1.29 is 24.9 Å². The molecule has 1 aliphatic rings. The van der Waals surface area contributed by atoms with Gasteiger partial charge in [0, 0.05) is 19.7 Å². The molecular weight excluding hydrogens is 384 g/mol. The van der Waals surface area contributed by atoms with Crippen molar-refractivity contribution in [3.05, 3.63) is 23.7 Å². The Kier molecular flexibility index (Phi) is 6.03. The number of anilines is 1. The van der Waals surface area contributed by atoms with Crippen LogP contribution >= 0.6 is 0 Å². The smallest absolute Gasteiger partial charge is 0.254 e. The standard InChI is InChI=1S/C16H22N8O5/c1-19-15(28)7-3-21-24(4-7)16-22-8(11(20-6-17)14(18)23-16)2-9-12(26)13(27)10(5-25)29-9/h3-4,6,9-10,12-13,25-27H,2,5H2,1H3,(H2,17,20)(H,19,28)(H2,18,22,23)/t9-,10+,12-,13+/m0/s1. The predicted molar refractivity (Wildman–Crippen MR) is 101 cm³/mol. The van der Waals surface area contributed by atoms with E-state index in [0.717, 1.165) is 6.34 Å². The molecule has 2 aromatic rings. The number of hydrogen-bond donors (Lipinski definition) is 6. The summed E-state index contributed by atoms with van der Waals surface area (Å²) < 4.78 is 6.76. The molecule has 13 nitrogen and oxygen atoms in total. The van der Waals surface area contributed by atoms with Crippen molar-refractivity contribution >= 4 is 23.8 Å². The summed E-state index contributed by atoms with van der Waals surface area (Å²) in [7, 11) is 1.49. The van der Waals surface area contributed by atoms with Crippen molar-refractivity contribution in [2.45, 2.75) is 30.8 Å². The molecule has 4 atom stereocenters. The van der Waals surface area contributed by atoms with E-state index in [-0.39, 0.29) is 35.5 Å². The number of nitrogens with zero attached hydrogens (tertiary/aromatic N) is 5. The first-order chi connectivity index (χ1) is 13.9. The van der Waals surface area contributed by atoms with E-state index in [1.807, 2.05) is 0 Å². The zero-order chi connectivity index (χ0) is 21.1. The van der Waals surface area contributed by atoms with Crippen molar-refractivity contribution in [3.8, 4) is 5.95 Å². The first-order valence-corrected chi connectivity index (χ1v) is 8.69. The lowest BCUT2D eigenvalue weighted by Crippen LogP contribution is -2.34. The molecule has 0 bridgehead atoms. The zero-order valence-electron chi connectivity index (χ0n) is 15.5. The molecule has 0 radical (unpaired) electrons. The Morgan fingerprint density at radius 3 is 2.72 bits per heavy atom. The summed E-state index contributed by atoms with van der Waals surface area (Å²) >= 11 is 0. The summed E-state index contributed by atoms with van der Waals surface area (Å²) in [5.41, 5.74) is 12.1. The van der Waals surface area contributed by atoms with Gasteiger partial charge in [-0.15, -0.1) is 0 Å². The maximum absolute atomic E-state index is 11.7. The molecule has 2 aromatic heterocycles. The Morgan fingerprint density at radius 1 is 1.38 bits per heavy atom. The van der Waals surface area contributed by atoms with Crippen LogP contribution in [0.4, 0.5) is 11.5 Å². The monoisotopic (exact) mass is 406 g/mol. The number of aromatic nitrogens is 4. The van der Waals surface area contributed by atoms with E-state index in [9.17, 15) is 20.1 Å². The Labute approximate surface area is 165 Å². The van der Waals surface area contributed by atoms with Gasteiger partial charge in [0.2, 0.25) is 0 Å². The number of nitrogens with one attached hydrogen (secondary N) is 1. The van der Waals surface area contributed by atoms with Crippen LogP contribution < -0.4 is 16.8 Å². The van der Waals surface area contributed by atoms with Gasteiger partial charge in [0.1, 0.15) is 24.0 Å². The van der Waals surface area contributed by atoms with Crippen molar-refractivity contribution in [1.29, 1.82) is 0 Å². The molecule has 1 saturated heterocycles. The molecule has 0 spiro atoms. The second-order valence-electron chi connectivity index (χ2n) is 6.32. The van der Waals surface area contributed by atoms with Crippen LogP contribution in [0.2, 0.25) is 0 Å². The molecule has 8 N–H and O–H groups in total. The van der Waals surface area contributed by atoms with Crippen molar-refractivity contribution in [2.75, 3.05) is 19.4 Å². The summed E-state index contributed by atoms with van der Waals surface area (Å²) in [6.07, 6.45) is -0.479. The number of aliphatic hydroxyl groups is 3. The number of ether oxygens (including phenoxy) is 1. The van der Waals surface area contributed by atoms with E-state index in [4.69, 9.17) is 16.2 Å². The Balaban J connectivity index is 1.97. The highest BCUT2D eigenvalue weighted by atomic mass is 16.6. The lowest BCUT2D eigenvalue weighted by Gasteiger charge is -2.16. The molecule has 0 aliphatic carbocycles. The fraction of sp³-hybridized carbons (Fsp3) is 0.438. The van der Waals surface area contributed by atoms with E-state index >= 15 is 0 Å². The number of carbonyl (C=O) groups is 1. The first kappa shape index (κ1) is 20.6. The quantitative estimate of drug-likeness (QED) is 0.215. The SMILES string of the molecule is CNC(=O)c1cnn(-c2nc(N)c(N=CN)c(C[C@@H]3O[C@H](CO)[C@@H](O)[C@H]3O)n2)c1. The molecule has 1 amide bonds. The second kappa shape index (κ2) is 8.48. The number of carbonyl (C=O) groups excluding carboxylic acids is 1. The van der Waals surface area contributed by atoms with Crippen molar-refractivity contribution in [2.24, 2.45) is 10.7 Å². The van der Waals surface area contributed by atoms with Crippen molar-refractivity contribution in [1.82, 2.24) is 25.1 Å². The van der Waals surface area contributed by atoms with Crippen LogP contribution in [0.25, 0.3) is 5.95 Å². The Bertz CT molecular complexity index is 917. The van der Waals surface area contributed by atoms with Gasteiger partial charge in [-0.25, -0.2) is 14.7 Å². The van der Waals surface area contributed by atoms with E-state index in [1.165, 1.54) is 24.1 Å². The molecule has 3 rings (SSSR count). The third-order valence-electron chi connectivity index (χ3n) is 4.49. The van der Waals surface area contributed by atoms with E-state index in [0.29, 0.717) is 5.56 Å². The molecule has 1 fully saturated rings. The fourth-order valence-corrected chi connectivity index (χ4v) is 3.00. The van der Waals surface area contributed by atoms with Crippen LogP contribution in [-0.2, 0) is 11.2 Å². The highest BCUT2D eigenvalue weighted by Gasteiger charge is 2.42. The number of amides is 1. The Morgan fingerprint density at radius 2 is 2.10 bits per heavy atom. The van der Waals surface area contributed by atoms with Crippen LogP contribution in [0.5, 0.6) is 0 Å². The Hall–Kier alpha value is -3.13. The van der Waals surface area contributed by atoms with Crippen molar-refractivity contribution in [3.63, 3.8) is 0 Å². The van der Waals surface area contributed by atoms with Crippen LogP contribution in [-0.4, -0.2) is 85.4 Å². The maximum atomic E-state index is 11.7.